The number of nitrogens with one attached hydrogen (secondary N) is 1. The van der Waals surface area contributed by atoms with Crippen LogP contribution in [0.3, 0.4) is 0 Å². The Labute approximate surface area is 145 Å². The van der Waals surface area contributed by atoms with E-state index in [1.807, 2.05) is 13.2 Å². The van der Waals surface area contributed by atoms with E-state index in [0.717, 1.165) is 29.5 Å². The van der Waals surface area contributed by atoms with Gasteiger partial charge in [-0.25, -0.2) is 0 Å². The fourth-order valence-corrected chi connectivity index (χ4v) is 5.33. The van der Waals surface area contributed by atoms with Gasteiger partial charge in [0, 0.05) is 36.5 Å². The molecule has 0 amide bonds. The van der Waals surface area contributed by atoms with Crippen LogP contribution in [0.2, 0.25) is 4.34 Å². The minimum absolute atomic E-state index is 0.146. The molecule has 2 aromatic rings. The average molecular weight is 353 g/mol. The van der Waals surface area contributed by atoms with E-state index >= 15 is 0 Å². The van der Waals surface area contributed by atoms with Gasteiger partial charge in [0.1, 0.15) is 0 Å². The zero-order chi connectivity index (χ0) is 16.2. The van der Waals surface area contributed by atoms with E-state index in [1.165, 1.54) is 10.4 Å². The molecule has 1 fully saturated rings. The molecule has 2 aromatic heterocycles. The van der Waals surface area contributed by atoms with Gasteiger partial charge in [0.25, 0.3) is 0 Å². The summed E-state index contributed by atoms with van der Waals surface area (Å²) in [5.41, 5.74) is 2.00. The quantitative estimate of drug-likeness (QED) is 0.854. The molecule has 0 bridgehead atoms. The fourth-order valence-electron chi connectivity index (χ4n) is 3.96. The second-order valence-electron chi connectivity index (χ2n) is 6.88. The average Bonchev–Trinajstić information content (AvgIpc) is 3.10. The van der Waals surface area contributed by atoms with Crippen LogP contribution >= 0.6 is 22.9 Å². The molecule has 5 nitrogen and oxygen atoms in total. The van der Waals surface area contributed by atoms with Crippen LogP contribution in [-0.4, -0.2) is 27.6 Å². The number of piperidine rings is 1. The highest BCUT2D eigenvalue weighted by Gasteiger charge is 2.47. The molecule has 1 saturated heterocycles. The minimum atomic E-state index is -0.266. The Hall–Kier alpha value is -0.950. The Morgan fingerprint density at radius 3 is 3.00 bits per heavy atom. The van der Waals surface area contributed by atoms with E-state index in [-0.39, 0.29) is 11.6 Å². The van der Waals surface area contributed by atoms with Gasteiger partial charge in [-0.2, -0.15) is 0 Å². The first-order chi connectivity index (χ1) is 11.0. The Morgan fingerprint density at radius 1 is 1.43 bits per heavy atom. The molecular formula is C16H21ClN4OS. The summed E-state index contributed by atoms with van der Waals surface area (Å²) in [6.45, 7) is 5.17. The zero-order valence-corrected chi connectivity index (χ0v) is 15.1. The van der Waals surface area contributed by atoms with Crippen molar-refractivity contribution in [3.63, 3.8) is 0 Å². The fraction of sp³-hybridized carbons (Fsp3) is 0.625. The summed E-state index contributed by atoms with van der Waals surface area (Å²) in [6, 6.07) is 2.60. The minimum Gasteiger partial charge on any atom is -0.369 e. The molecule has 4 rings (SSSR count). The van der Waals surface area contributed by atoms with Crippen molar-refractivity contribution in [3.05, 3.63) is 32.7 Å². The predicted molar refractivity (Wildman–Crippen MR) is 90.9 cm³/mol. The third-order valence-electron chi connectivity index (χ3n) is 4.91. The number of halogens is 1. The van der Waals surface area contributed by atoms with E-state index in [0.29, 0.717) is 12.0 Å². The van der Waals surface area contributed by atoms with E-state index in [2.05, 4.69) is 35.5 Å². The SMILES string of the molecule is CC1CO[C@@]2(C[C@@H](c3cn(C)nn3)N[C@@H](C)C2)c2cc(Cl)sc21. The van der Waals surface area contributed by atoms with Crippen LogP contribution in [0, 0.1) is 0 Å². The molecule has 4 heterocycles. The third-order valence-corrected chi connectivity index (χ3v) is 6.41. The van der Waals surface area contributed by atoms with Gasteiger partial charge < -0.3 is 10.1 Å². The van der Waals surface area contributed by atoms with E-state index in [1.54, 1.807) is 16.0 Å². The van der Waals surface area contributed by atoms with Crippen LogP contribution in [0.4, 0.5) is 0 Å². The summed E-state index contributed by atoms with van der Waals surface area (Å²) in [7, 11) is 1.90. The predicted octanol–water partition coefficient (Wildman–Crippen LogP) is 3.37. The molecule has 1 spiro atoms. The maximum Gasteiger partial charge on any atom is 0.0997 e. The Balaban J connectivity index is 1.74. The first-order valence-corrected chi connectivity index (χ1v) is 9.22. The molecule has 0 saturated carbocycles. The number of hydrogen-bond donors (Lipinski definition) is 1. The van der Waals surface area contributed by atoms with Crippen molar-refractivity contribution in [1.82, 2.24) is 20.3 Å². The molecule has 2 aliphatic heterocycles. The lowest BCUT2D eigenvalue weighted by molar-refractivity contribution is -0.104. The largest absolute Gasteiger partial charge is 0.369 e. The number of rotatable bonds is 1. The Kier molecular flexibility index (Phi) is 3.76. The van der Waals surface area contributed by atoms with Crippen molar-refractivity contribution in [3.8, 4) is 0 Å². The maximum atomic E-state index is 6.44. The second kappa shape index (κ2) is 5.55. The lowest BCUT2D eigenvalue weighted by Gasteiger charge is -2.47. The summed E-state index contributed by atoms with van der Waals surface area (Å²) < 4.78 is 9.05. The molecule has 23 heavy (non-hydrogen) atoms. The molecule has 124 valence electrons. The Bertz CT molecular complexity index is 729. The van der Waals surface area contributed by atoms with Gasteiger partial charge >= 0.3 is 0 Å². The summed E-state index contributed by atoms with van der Waals surface area (Å²) in [6.07, 6.45) is 3.80. The van der Waals surface area contributed by atoms with Crippen LogP contribution in [0.15, 0.2) is 12.3 Å². The summed E-state index contributed by atoms with van der Waals surface area (Å²) in [4.78, 5) is 1.38. The van der Waals surface area contributed by atoms with Crippen LogP contribution in [0.1, 0.15) is 54.8 Å². The van der Waals surface area contributed by atoms with E-state index in [9.17, 15) is 0 Å². The topological polar surface area (TPSA) is 52.0 Å². The summed E-state index contributed by atoms with van der Waals surface area (Å²) in [5, 5.41) is 12.0. The van der Waals surface area contributed by atoms with Crippen molar-refractivity contribution in [1.29, 1.82) is 0 Å². The lowest BCUT2D eigenvalue weighted by atomic mass is 9.76. The van der Waals surface area contributed by atoms with Crippen molar-refractivity contribution in [2.45, 2.75) is 50.3 Å². The summed E-state index contributed by atoms with van der Waals surface area (Å²) >= 11 is 8.03. The standard InChI is InChI=1S/C16H21ClN4OS/c1-9-8-22-16(11-4-14(17)23-15(9)11)5-10(2)18-12(6-16)13-7-21(3)20-19-13/h4,7,9-10,12,18H,5-6,8H2,1-3H3/t9?,10-,12-,16-/m0/s1. The number of thiophene rings is 1. The van der Waals surface area contributed by atoms with Gasteiger partial charge in [0.05, 0.1) is 28.3 Å². The Morgan fingerprint density at radius 2 is 2.26 bits per heavy atom. The molecule has 7 heteroatoms. The molecule has 1 unspecified atom stereocenters. The van der Waals surface area contributed by atoms with Gasteiger partial charge in [-0.3, -0.25) is 4.68 Å². The number of hydrogen-bond acceptors (Lipinski definition) is 5. The van der Waals surface area contributed by atoms with Crippen LogP contribution < -0.4 is 5.32 Å². The van der Waals surface area contributed by atoms with Crippen molar-refractivity contribution in [2.24, 2.45) is 7.05 Å². The van der Waals surface area contributed by atoms with Gasteiger partial charge in [-0.05, 0) is 25.0 Å². The molecule has 0 radical (unpaired) electrons. The lowest BCUT2D eigenvalue weighted by Crippen LogP contribution is -2.50. The first-order valence-electron chi connectivity index (χ1n) is 8.03. The van der Waals surface area contributed by atoms with E-state index in [4.69, 9.17) is 16.3 Å². The summed E-state index contributed by atoms with van der Waals surface area (Å²) in [5.74, 6) is 0.410. The number of ether oxygens (including phenoxy) is 1. The molecular weight excluding hydrogens is 332 g/mol. The van der Waals surface area contributed by atoms with Crippen LogP contribution in [-0.2, 0) is 17.4 Å². The highest BCUT2D eigenvalue weighted by Crippen LogP contribution is 2.51. The highest BCUT2D eigenvalue weighted by molar-refractivity contribution is 7.16. The molecule has 2 aliphatic rings. The van der Waals surface area contributed by atoms with Crippen molar-refractivity contribution in [2.75, 3.05) is 6.61 Å². The number of nitrogens with zero attached hydrogens (tertiary/aromatic N) is 3. The molecule has 4 atom stereocenters. The van der Waals surface area contributed by atoms with Gasteiger partial charge in [0.2, 0.25) is 0 Å². The van der Waals surface area contributed by atoms with Gasteiger partial charge in [-0.15, -0.1) is 16.4 Å². The zero-order valence-electron chi connectivity index (χ0n) is 13.5. The van der Waals surface area contributed by atoms with Gasteiger partial charge in [-0.1, -0.05) is 23.7 Å². The third kappa shape index (κ3) is 2.61. The molecule has 0 aliphatic carbocycles. The normalized spacial score (nSPS) is 33.8. The van der Waals surface area contributed by atoms with E-state index < -0.39 is 0 Å². The molecule has 0 aromatic carbocycles. The van der Waals surface area contributed by atoms with Gasteiger partial charge in [0.15, 0.2) is 0 Å². The van der Waals surface area contributed by atoms with Crippen LogP contribution in [0.5, 0.6) is 0 Å². The first kappa shape index (κ1) is 15.6. The number of aromatic nitrogens is 3. The smallest absolute Gasteiger partial charge is 0.0997 e. The highest BCUT2D eigenvalue weighted by atomic mass is 35.5. The molecule has 1 N–H and O–H groups in total. The van der Waals surface area contributed by atoms with Crippen molar-refractivity contribution < 1.29 is 4.74 Å². The second-order valence-corrected chi connectivity index (χ2v) is 8.60. The number of aryl methyl sites for hydroxylation is 1. The monoisotopic (exact) mass is 352 g/mol. The van der Waals surface area contributed by atoms with Crippen LogP contribution in [0.25, 0.3) is 0 Å². The maximum absolute atomic E-state index is 6.44. The number of fused-ring (bicyclic) bond motifs is 2. The van der Waals surface area contributed by atoms with Crippen molar-refractivity contribution >= 4 is 22.9 Å².